The first-order valence-electron chi connectivity index (χ1n) is 12.8. The number of ether oxygens (including phenoxy) is 3. The molecule has 0 unspecified atom stereocenters. The first kappa shape index (κ1) is 32.4. The lowest BCUT2D eigenvalue weighted by Gasteiger charge is -2.13. The molecule has 0 atom stereocenters. The summed E-state index contributed by atoms with van der Waals surface area (Å²) in [6.07, 6.45) is 0. The van der Waals surface area contributed by atoms with Crippen molar-refractivity contribution in [2.45, 2.75) is 42.0 Å². The van der Waals surface area contributed by atoms with Gasteiger partial charge in [-0.1, -0.05) is 55.0 Å². The molecule has 1 heterocycles. The van der Waals surface area contributed by atoms with E-state index in [1.165, 1.54) is 11.1 Å². The van der Waals surface area contributed by atoms with Crippen LogP contribution in [0.5, 0.6) is 11.5 Å². The lowest BCUT2D eigenvalue weighted by Crippen LogP contribution is -2.02. The maximum Gasteiger partial charge on any atom is 0.167 e. The maximum atomic E-state index is 10.7. The van der Waals surface area contributed by atoms with Gasteiger partial charge in [0.05, 0.1) is 25.4 Å². The number of aromatic nitrogens is 3. The number of aliphatic hydroxyl groups excluding tert-OH is 1. The monoisotopic (exact) mass is 547 g/mol. The second-order valence-electron chi connectivity index (χ2n) is 9.09. The van der Waals surface area contributed by atoms with E-state index in [4.69, 9.17) is 24.8 Å². The quantitative estimate of drug-likeness (QED) is 0.182. The van der Waals surface area contributed by atoms with Crippen LogP contribution in [0.1, 0.15) is 36.6 Å². The summed E-state index contributed by atoms with van der Waals surface area (Å²) < 4.78 is 14.6. The van der Waals surface area contributed by atoms with E-state index in [0.29, 0.717) is 48.6 Å². The molecule has 4 rings (SSSR count). The van der Waals surface area contributed by atoms with Crippen LogP contribution in [0.15, 0.2) is 54.6 Å². The van der Waals surface area contributed by atoms with Crippen LogP contribution >= 0.6 is 0 Å². The van der Waals surface area contributed by atoms with Crippen LogP contribution in [-0.4, -0.2) is 58.9 Å². The predicted octanol–water partition coefficient (Wildman–Crippen LogP) is 6.45. The van der Waals surface area contributed by atoms with Crippen molar-refractivity contribution in [3.63, 3.8) is 0 Å². The molecule has 214 valence electrons. The molecule has 0 aliphatic heterocycles. The van der Waals surface area contributed by atoms with Gasteiger partial charge >= 0.3 is 0 Å². The van der Waals surface area contributed by atoms with Crippen LogP contribution in [0.2, 0.25) is 0 Å². The second kappa shape index (κ2) is 15.7. The molecular formula is C32H41N3O5. The van der Waals surface area contributed by atoms with Crippen molar-refractivity contribution in [3.05, 3.63) is 76.9 Å². The Labute approximate surface area is 237 Å². The fraction of sp³-hybridized carbons (Fsp3) is 0.344. The van der Waals surface area contributed by atoms with E-state index < -0.39 is 0 Å². The molecule has 0 radical (unpaired) electrons. The highest BCUT2D eigenvalue weighted by Crippen LogP contribution is 2.33. The van der Waals surface area contributed by atoms with Crippen molar-refractivity contribution >= 4 is 0 Å². The third-order valence-electron chi connectivity index (χ3n) is 5.93. The first-order valence-corrected chi connectivity index (χ1v) is 12.8. The van der Waals surface area contributed by atoms with Gasteiger partial charge in [-0.2, -0.15) is 0 Å². The highest BCUT2D eigenvalue weighted by atomic mass is 16.6. The highest BCUT2D eigenvalue weighted by Gasteiger charge is 2.17. The number of aliphatic hydroxyl groups is 1. The summed E-state index contributed by atoms with van der Waals surface area (Å²) in [5.41, 5.74) is 6.95. The van der Waals surface area contributed by atoms with E-state index in [1.54, 1.807) is 19.2 Å². The topological polar surface area (TPSA) is 107 Å². The lowest BCUT2D eigenvalue weighted by atomic mass is 10.0. The third kappa shape index (κ3) is 8.58. The van der Waals surface area contributed by atoms with Crippen LogP contribution in [-0.2, 0) is 9.47 Å². The number of hydrogen-bond acceptors (Lipinski definition) is 8. The van der Waals surface area contributed by atoms with Crippen molar-refractivity contribution in [1.82, 2.24) is 15.0 Å². The third-order valence-corrected chi connectivity index (χ3v) is 5.93. The van der Waals surface area contributed by atoms with Gasteiger partial charge in [0.2, 0.25) is 0 Å². The van der Waals surface area contributed by atoms with Crippen molar-refractivity contribution < 1.29 is 24.4 Å². The molecular weight excluding hydrogens is 506 g/mol. The molecule has 40 heavy (non-hydrogen) atoms. The van der Waals surface area contributed by atoms with Crippen LogP contribution < -0.4 is 4.74 Å². The van der Waals surface area contributed by atoms with Crippen molar-refractivity contribution in [2.75, 3.05) is 33.7 Å². The van der Waals surface area contributed by atoms with E-state index in [-0.39, 0.29) is 20.0 Å². The Bertz CT molecular complexity index is 1320. The molecule has 4 aromatic rings. The number of benzene rings is 3. The van der Waals surface area contributed by atoms with Gasteiger partial charge in [-0.3, -0.25) is 0 Å². The van der Waals surface area contributed by atoms with Gasteiger partial charge in [0.1, 0.15) is 18.3 Å². The fourth-order valence-corrected chi connectivity index (χ4v) is 4.03. The first-order chi connectivity index (χ1) is 18.8. The Morgan fingerprint density at radius 3 is 1.62 bits per heavy atom. The fourth-order valence-electron chi connectivity index (χ4n) is 4.03. The number of aromatic hydroxyl groups is 1. The molecule has 0 bridgehead atoms. The highest BCUT2D eigenvalue weighted by molar-refractivity contribution is 5.72. The molecule has 0 amide bonds. The van der Waals surface area contributed by atoms with Gasteiger partial charge < -0.3 is 24.4 Å². The summed E-state index contributed by atoms with van der Waals surface area (Å²) in [4.78, 5) is 14.3. The molecule has 8 heteroatoms. The molecule has 0 aliphatic carbocycles. The molecule has 0 spiro atoms. The van der Waals surface area contributed by atoms with Gasteiger partial charge in [0, 0.05) is 24.3 Å². The number of nitrogens with zero attached hydrogens (tertiary/aromatic N) is 3. The Balaban J connectivity index is 0.000000623. The predicted molar refractivity (Wildman–Crippen MR) is 160 cm³/mol. The number of aryl methyl sites for hydroxylation is 4. The zero-order valence-electron chi connectivity index (χ0n) is 23.5. The summed E-state index contributed by atoms with van der Waals surface area (Å²) in [6.45, 7) is 11.5. The Kier molecular flexibility index (Phi) is 12.7. The average Bonchev–Trinajstić information content (AvgIpc) is 2.89. The molecule has 2 N–H and O–H groups in total. The van der Waals surface area contributed by atoms with E-state index in [9.17, 15) is 5.11 Å². The number of rotatable bonds is 9. The van der Waals surface area contributed by atoms with E-state index in [2.05, 4.69) is 61.4 Å². The maximum absolute atomic E-state index is 10.7. The molecule has 0 fully saturated rings. The number of phenols is 1. The molecule has 0 saturated heterocycles. The molecule has 0 saturated carbocycles. The normalized spacial score (nSPS) is 10.4. The van der Waals surface area contributed by atoms with E-state index >= 15 is 0 Å². The summed E-state index contributed by atoms with van der Waals surface area (Å²) >= 11 is 0. The SMILES string of the molecule is C.CCOc1ccc(-c2nc(-c3ccc(C)cc3C)nc(-c3ccc(C)cc3C)n2)c(O)c1.COCCOCO. The van der Waals surface area contributed by atoms with E-state index in [0.717, 1.165) is 22.3 Å². The van der Waals surface area contributed by atoms with Crippen LogP contribution in [0.4, 0.5) is 0 Å². The van der Waals surface area contributed by atoms with Gasteiger partial charge in [-0.15, -0.1) is 0 Å². The largest absolute Gasteiger partial charge is 0.507 e. The minimum Gasteiger partial charge on any atom is -0.507 e. The van der Waals surface area contributed by atoms with Gasteiger partial charge in [-0.05, 0) is 57.9 Å². The molecule has 3 aromatic carbocycles. The standard InChI is InChI=1S/C27H27N3O2.C4H10O3.CH4/c1-6-32-20-9-12-23(24(31)15-20)27-29-25(21-10-7-16(2)13-18(21)4)28-26(30-27)22-11-8-17(3)14-19(22)5;1-6-2-3-7-4-5;/h7-15,31H,6H2,1-5H3;5H,2-4H2,1H3;1H4. The van der Waals surface area contributed by atoms with Crippen LogP contribution in [0, 0.1) is 27.7 Å². The minimum atomic E-state index is -0.219. The van der Waals surface area contributed by atoms with Crippen LogP contribution in [0.3, 0.4) is 0 Å². The summed E-state index contributed by atoms with van der Waals surface area (Å²) in [5.74, 6) is 2.25. The van der Waals surface area contributed by atoms with Crippen LogP contribution in [0.25, 0.3) is 34.2 Å². The minimum absolute atomic E-state index is 0. The molecule has 1 aromatic heterocycles. The number of phenolic OH excluding ortho intramolecular Hbond substituents is 1. The zero-order chi connectivity index (χ0) is 28.4. The molecule has 0 aliphatic rings. The lowest BCUT2D eigenvalue weighted by molar-refractivity contribution is -0.0221. The average molecular weight is 548 g/mol. The van der Waals surface area contributed by atoms with Gasteiger partial charge in [0.25, 0.3) is 0 Å². The summed E-state index contributed by atoms with van der Waals surface area (Å²) in [7, 11) is 1.58. The van der Waals surface area contributed by atoms with Gasteiger partial charge in [-0.25, -0.2) is 15.0 Å². The number of hydrogen-bond donors (Lipinski definition) is 2. The Hall–Kier alpha value is -3.85. The Morgan fingerprint density at radius 2 is 1.20 bits per heavy atom. The Morgan fingerprint density at radius 1 is 0.700 bits per heavy atom. The van der Waals surface area contributed by atoms with Crippen molar-refractivity contribution in [2.24, 2.45) is 0 Å². The van der Waals surface area contributed by atoms with Crippen molar-refractivity contribution in [1.29, 1.82) is 0 Å². The zero-order valence-corrected chi connectivity index (χ0v) is 23.5. The number of methoxy groups -OCH3 is 1. The van der Waals surface area contributed by atoms with Crippen molar-refractivity contribution in [3.8, 4) is 45.7 Å². The smallest absolute Gasteiger partial charge is 0.167 e. The molecule has 8 nitrogen and oxygen atoms in total. The second-order valence-corrected chi connectivity index (χ2v) is 9.09. The van der Waals surface area contributed by atoms with E-state index in [1.807, 2.05) is 25.1 Å². The van der Waals surface area contributed by atoms with Gasteiger partial charge in [0.15, 0.2) is 17.5 Å². The summed E-state index contributed by atoms with van der Waals surface area (Å²) in [5, 5.41) is 18.7. The summed E-state index contributed by atoms with van der Waals surface area (Å²) in [6, 6.07) is 17.6.